The third-order valence-electron chi connectivity index (χ3n) is 5.97. The monoisotopic (exact) mass is 384 g/mol. The molecule has 0 saturated carbocycles. The molecular weight excluding hydrogens is 362 g/mol. The van der Waals surface area contributed by atoms with Gasteiger partial charge >= 0.3 is 0 Å². The van der Waals surface area contributed by atoms with Crippen LogP contribution in [0.5, 0.6) is 0 Å². The highest BCUT2D eigenvalue weighted by Crippen LogP contribution is 2.28. The zero-order valence-corrected chi connectivity index (χ0v) is 16.1. The fraction of sp³-hybridized carbons (Fsp3) is 0.261. The first-order valence-electron chi connectivity index (χ1n) is 9.97. The number of piperidine rings is 1. The molecule has 0 atom stereocenters. The average molecular weight is 384 g/mol. The molecule has 0 spiro atoms. The van der Waals surface area contributed by atoms with Gasteiger partial charge in [-0.15, -0.1) is 0 Å². The van der Waals surface area contributed by atoms with Crippen LogP contribution in [0, 0.1) is 11.3 Å². The van der Waals surface area contributed by atoms with Crippen molar-refractivity contribution in [1.29, 1.82) is 5.26 Å². The van der Waals surface area contributed by atoms with E-state index in [1.807, 2.05) is 48.9 Å². The van der Waals surface area contributed by atoms with Crippen molar-refractivity contribution in [2.45, 2.75) is 25.4 Å². The Balaban J connectivity index is 1.39. The maximum Gasteiger partial charge on any atom is 0.286 e. The van der Waals surface area contributed by atoms with Crippen LogP contribution in [0.15, 0.2) is 59.8 Å². The SMILES string of the molecule is N#Cc1ccc(CN2CCC(n3ccc(=O)c4c[nH+]c5[nH]ccc5c43)CC2)cc1. The molecule has 5 rings (SSSR count). The molecule has 0 amide bonds. The Bertz CT molecular complexity index is 1270. The van der Waals surface area contributed by atoms with E-state index in [0.29, 0.717) is 11.6 Å². The lowest BCUT2D eigenvalue weighted by molar-refractivity contribution is -0.345. The van der Waals surface area contributed by atoms with E-state index < -0.39 is 0 Å². The van der Waals surface area contributed by atoms with Gasteiger partial charge in [0, 0.05) is 37.9 Å². The van der Waals surface area contributed by atoms with Crippen LogP contribution in [0.2, 0.25) is 0 Å². The van der Waals surface area contributed by atoms with Gasteiger partial charge in [-0.25, -0.2) is 9.97 Å². The number of pyridine rings is 2. The molecule has 144 valence electrons. The van der Waals surface area contributed by atoms with E-state index in [0.717, 1.165) is 54.4 Å². The number of rotatable bonds is 3. The predicted octanol–water partition coefficient (Wildman–Crippen LogP) is 3.01. The number of H-pyrrole nitrogens is 2. The van der Waals surface area contributed by atoms with Gasteiger partial charge in [-0.2, -0.15) is 5.26 Å². The molecule has 1 aliphatic heterocycles. The second-order valence-corrected chi connectivity index (χ2v) is 7.72. The summed E-state index contributed by atoms with van der Waals surface area (Å²) >= 11 is 0. The fourth-order valence-corrected chi connectivity index (χ4v) is 4.43. The van der Waals surface area contributed by atoms with Crippen LogP contribution in [0.3, 0.4) is 0 Å². The summed E-state index contributed by atoms with van der Waals surface area (Å²) in [5, 5.41) is 10.7. The largest absolute Gasteiger partial charge is 0.343 e. The molecule has 4 heterocycles. The Kier molecular flexibility index (Phi) is 4.38. The molecule has 1 aliphatic rings. The van der Waals surface area contributed by atoms with Gasteiger partial charge in [0.2, 0.25) is 0 Å². The Morgan fingerprint density at radius 2 is 1.90 bits per heavy atom. The van der Waals surface area contributed by atoms with Gasteiger partial charge in [0.25, 0.3) is 5.65 Å². The molecule has 6 nitrogen and oxygen atoms in total. The number of aromatic amines is 2. The maximum absolute atomic E-state index is 12.4. The number of likely N-dealkylation sites (tertiary alicyclic amines) is 1. The van der Waals surface area contributed by atoms with Crippen molar-refractivity contribution >= 4 is 21.9 Å². The van der Waals surface area contributed by atoms with E-state index in [9.17, 15) is 4.79 Å². The summed E-state index contributed by atoms with van der Waals surface area (Å²) in [7, 11) is 0. The first-order chi connectivity index (χ1) is 14.2. The van der Waals surface area contributed by atoms with E-state index in [-0.39, 0.29) is 5.43 Å². The molecule has 1 aromatic carbocycles. The fourth-order valence-electron chi connectivity index (χ4n) is 4.43. The van der Waals surface area contributed by atoms with Crippen LogP contribution < -0.4 is 10.4 Å². The van der Waals surface area contributed by atoms with Crippen LogP contribution in [0.4, 0.5) is 0 Å². The third-order valence-corrected chi connectivity index (χ3v) is 5.97. The van der Waals surface area contributed by atoms with Crippen molar-refractivity contribution < 1.29 is 4.98 Å². The number of fused-ring (bicyclic) bond motifs is 3. The highest BCUT2D eigenvalue weighted by molar-refractivity contribution is 6.00. The van der Waals surface area contributed by atoms with Gasteiger partial charge in [0.1, 0.15) is 6.20 Å². The van der Waals surface area contributed by atoms with Gasteiger partial charge in [0.05, 0.1) is 34.1 Å². The van der Waals surface area contributed by atoms with Crippen molar-refractivity contribution in [3.63, 3.8) is 0 Å². The molecule has 3 aromatic heterocycles. The minimum absolute atomic E-state index is 0.0499. The molecule has 1 fully saturated rings. The number of nitrogens with zero attached hydrogens (tertiary/aromatic N) is 3. The van der Waals surface area contributed by atoms with E-state index in [2.05, 4.69) is 25.5 Å². The smallest absolute Gasteiger partial charge is 0.286 e. The quantitative estimate of drug-likeness (QED) is 0.590. The molecule has 0 bridgehead atoms. The summed E-state index contributed by atoms with van der Waals surface area (Å²) in [4.78, 5) is 21.3. The summed E-state index contributed by atoms with van der Waals surface area (Å²) in [6.07, 6.45) is 7.76. The van der Waals surface area contributed by atoms with Gasteiger partial charge in [0.15, 0.2) is 5.43 Å². The minimum Gasteiger partial charge on any atom is -0.343 e. The Morgan fingerprint density at radius 1 is 1.10 bits per heavy atom. The van der Waals surface area contributed by atoms with Gasteiger partial charge in [-0.05, 0) is 36.6 Å². The Morgan fingerprint density at radius 3 is 2.66 bits per heavy atom. The summed E-state index contributed by atoms with van der Waals surface area (Å²) < 4.78 is 2.29. The summed E-state index contributed by atoms with van der Waals surface area (Å²) in [6, 6.07) is 14.1. The molecule has 4 aromatic rings. The Labute approximate surface area is 168 Å². The summed E-state index contributed by atoms with van der Waals surface area (Å²) in [6.45, 7) is 2.92. The molecule has 0 radical (unpaired) electrons. The van der Waals surface area contributed by atoms with Crippen molar-refractivity contribution in [2.24, 2.45) is 0 Å². The second-order valence-electron chi connectivity index (χ2n) is 7.72. The van der Waals surface area contributed by atoms with Crippen LogP contribution in [0.1, 0.15) is 30.0 Å². The Hall–Kier alpha value is -3.43. The molecular formula is C23H22N5O+. The molecule has 6 heteroatoms. The minimum atomic E-state index is 0.0499. The standard InChI is InChI=1S/C23H21N5O/c24-13-16-1-3-17(4-2-16)15-27-10-6-18(7-11-27)28-12-8-21(29)20-14-26-23-19(22(20)28)5-9-25-23/h1-5,8-9,12,14,18H,6-7,10-11,15H2,(H,25,26)/p+1. The lowest BCUT2D eigenvalue weighted by Gasteiger charge is -2.34. The van der Waals surface area contributed by atoms with Crippen molar-refractivity contribution in [3.05, 3.63) is 76.3 Å². The number of benzene rings is 1. The van der Waals surface area contributed by atoms with E-state index in [4.69, 9.17) is 5.26 Å². The summed E-state index contributed by atoms with van der Waals surface area (Å²) in [5.74, 6) is 0. The maximum atomic E-state index is 12.4. The lowest BCUT2D eigenvalue weighted by atomic mass is 10.0. The van der Waals surface area contributed by atoms with E-state index >= 15 is 0 Å². The van der Waals surface area contributed by atoms with Crippen LogP contribution in [-0.2, 0) is 6.54 Å². The van der Waals surface area contributed by atoms with Crippen molar-refractivity contribution in [1.82, 2.24) is 14.5 Å². The average Bonchev–Trinajstić information content (AvgIpc) is 3.25. The molecule has 0 unspecified atom stereocenters. The normalized spacial score (nSPS) is 15.7. The van der Waals surface area contributed by atoms with Crippen LogP contribution >= 0.6 is 0 Å². The number of nitrogens with one attached hydrogen (secondary N) is 2. The van der Waals surface area contributed by atoms with Crippen LogP contribution in [0.25, 0.3) is 21.9 Å². The second kappa shape index (κ2) is 7.19. The molecule has 0 aliphatic carbocycles. The van der Waals surface area contributed by atoms with E-state index in [1.54, 1.807) is 6.07 Å². The third kappa shape index (κ3) is 3.20. The highest BCUT2D eigenvalue weighted by Gasteiger charge is 2.23. The molecule has 1 saturated heterocycles. The lowest BCUT2D eigenvalue weighted by Crippen LogP contribution is -2.34. The van der Waals surface area contributed by atoms with Gasteiger partial charge in [-0.3, -0.25) is 9.69 Å². The van der Waals surface area contributed by atoms with Gasteiger partial charge < -0.3 is 4.57 Å². The zero-order chi connectivity index (χ0) is 19.8. The zero-order valence-electron chi connectivity index (χ0n) is 16.1. The first kappa shape index (κ1) is 17.7. The number of hydrogen-bond acceptors (Lipinski definition) is 3. The number of nitriles is 1. The summed E-state index contributed by atoms with van der Waals surface area (Å²) in [5.41, 5.74) is 3.94. The highest BCUT2D eigenvalue weighted by atomic mass is 16.1. The van der Waals surface area contributed by atoms with Crippen LogP contribution in [-0.4, -0.2) is 27.5 Å². The molecule has 2 N–H and O–H groups in total. The van der Waals surface area contributed by atoms with Crippen molar-refractivity contribution in [3.8, 4) is 6.07 Å². The van der Waals surface area contributed by atoms with Gasteiger partial charge in [-0.1, -0.05) is 12.1 Å². The number of aromatic nitrogens is 3. The van der Waals surface area contributed by atoms with E-state index in [1.165, 1.54) is 5.56 Å². The number of hydrogen-bond donors (Lipinski definition) is 1. The first-order valence-corrected chi connectivity index (χ1v) is 9.97. The van der Waals surface area contributed by atoms with Crippen molar-refractivity contribution in [2.75, 3.05) is 13.1 Å². The topological polar surface area (TPSA) is 79.0 Å². The molecule has 29 heavy (non-hydrogen) atoms. The predicted molar refractivity (Wildman–Crippen MR) is 111 cm³/mol.